The van der Waals surface area contributed by atoms with E-state index in [-0.39, 0.29) is 18.3 Å². The summed E-state index contributed by atoms with van der Waals surface area (Å²) in [6, 6.07) is 0.427. The minimum absolute atomic E-state index is 0. The largest absolute Gasteiger partial charge is 0.337 e. The van der Waals surface area contributed by atoms with E-state index in [1.54, 1.807) is 4.68 Å². The van der Waals surface area contributed by atoms with Gasteiger partial charge in [0, 0.05) is 31.9 Å². The molecule has 6 heteroatoms. The molecule has 0 aliphatic carbocycles. The summed E-state index contributed by atoms with van der Waals surface area (Å²) < 4.78 is 1.77. The van der Waals surface area contributed by atoms with Crippen molar-refractivity contribution in [1.29, 1.82) is 0 Å². The van der Waals surface area contributed by atoms with E-state index in [1.165, 1.54) is 0 Å². The molecule has 18 heavy (non-hydrogen) atoms. The Balaban J connectivity index is 0.00000162. The fraction of sp³-hybridized carbons (Fsp3) is 0.667. The summed E-state index contributed by atoms with van der Waals surface area (Å²) in [6.07, 6.45) is 1.03. The number of likely N-dealkylation sites (N-methyl/N-ethyl adjacent to an activating group) is 1. The molecule has 2 rings (SSSR count). The molecule has 1 atom stereocenters. The molecule has 1 amide bonds. The zero-order valence-electron chi connectivity index (χ0n) is 11.4. The van der Waals surface area contributed by atoms with Gasteiger partial charge in [-0.15, -0.1) is 12.4 Å². The Morgan fingerprint density at radius 1 is 1.44 bits per heavy atom. The third kappa shape index (κ3) is 2.52. The lowest BCUT2D eigenvalue weighted by atomic mass is 10.1. The molecular weight excluding hydrogens is 252 g/mol. The maximum absolute atomic E-state index is 12.4. The highest BCUT2D eigenvalue weighted by Gasteiger charge is 2.29. The molecule has 1 aliphatic rings. The number of likely N-dealkylation sites (tertiary alicyclic amines) is 1. The molecule has 1 aromatic heterocycles. The van der Waals surface area contributed by atoms with Gasteiger partial charge in [0.2, 0.25) is 0 Å². The first kappa shape index (κ1) is 15.0. The van der Waals surface area contributed by atoms with Gasteiger partial charge in [-0.05, 0) is 27.3 Å². The zero-order valence-corrected chi connectivity index (χ0v) is 12.2. The second-order valence-corrected chi connectivity index (χ2v) is 4.69. The van der Waals surface area contributed by atoms with Crippen LogP contribution < -0.4 is 5.32 Å². The molecular formula is C12H21ClN4O. The minimum Gasteiger partial charge on any atom is -0.337 e. The summed E-state index contributed by atoms with van der Waals surface area (Å²) in [4.78, 5) is 14.3. The van der Waals surface area contributed by atoms with Crippen LogP contribution in [0.2, 0.25) is 0 Å². The standard InChI is InChI=1S/C12H20N4O.ClH/c1-8-11(9(2)15(4)14-8)12(17)16-6-5-10(7-16)13-3;/h10,13H,5-7H2,1-4H3;1H. The normalized spacial score (nSPS) is 18.9. The van der Waals surface area contributed by atoms with E-state index in [4.69, 9.17) is 0 Å². The average Bonchev–Trinajstić information content (AvgIpc) is 2.85. The first-order valence-electron chi connectivity index (χ1n) is 6.01. The van der Waals surface area contributed by atoms with Gasteiger partial charge in [-0.3, -0.25) is 9.48 Å². The first-order chi connectivity index (χ1) is 8.04. The Labute approximate surface area is 114 Å². The molecule has 1 aliphatic heterocycles. The van der Waals surface area contributed by atoms with Gasteiger partial charge < -0.3 is 10.2 Å². The van der Waals surface area contributed by atoms with Crippen LogP contribution in [-0.2, 0) is 7.05 Å². The van der Waals surface area contributed by atoms with Crippen LogP contribution in [-0.4, -0.2) is 46.8 Å². The van der Waals surface area contributed by atoms with E-state index < -0.39 is 0 Å². The number of halogens is 1. The van der Waals surface area contributed by atoms with Crippen LogP contribution in [0.3, 0.4) is 0 Å². The molecule has 1 unspecified atom stereocenters. The van der Waals surface area contributed by atoms with E-state index in [0.29, 0.717) is 6.04 Å². The van der Waals surface area contributed by atoms with Crippen LogP contribution in [0.5, 0.6) is 0 Å². The number of carbonyl (C=O) groups excluding carboxylic acids is 1. The number of amides is 1. The number of rotatable bonds is 2. The van der Waals surface area contributed by atoms with Crippen molar-refractivity contribution in [3.05, 3.63) is 17.0 Å². The highest BCUT2D eigenvalue weighted by Crippen LogP contribution is 2.18. The van der Waals surface area contributed by atoms with E-state index in [1.807, 2.05) is 32.8 Å². The monoisotopic (exact) mass is 272 g/mol. The minimum atomic E-state index is 0. The molecule has 1 fully saturated rings. The van der Waals surface area contributed by atoms with Crippen molar-refractivity contribution in [3.8, 4) is 0 Å². The summed E-state index contributed by atoms with van der Waals surface area (Å²) in [5.74, 6) is 0.117. The molecule has 1 saturated heterocycles. The molecule has 0 aromatic carbocycles. The van der Waals surface area contributed by atoms with Crippen LogP contribution in [0, 0.1) is 13.8 Å². The van der Waals surface area contributed by atoms with E-state index in [0.717, 1.165) is 36.5 Å². The summed E-state index contributed by atoms with van der Waals surface area (Å²) in [5, 5.41) is 7.52. The average molecular weight is 273 g/mol. The lowest BCUT2D eigenvalue weighted by Crippen LogP contribution is -2.33. The SMILES string of the molecule is CNC1CCN(C(=O)c2c(C)nn(C)c2C)C1.Cl. The van der Waals surface area contributed by atoms with Crippen LogP contribution in [0.1, 0.15) is 28.2 Å². The Kier molecular flexibility index (Phi) is 4.76. The zero-order chi connectivity index (χ0) is 12.6. The smallest absolute Gasteiger partial charge is 0.257 e. The van der Waals surface area contributed by atoms with E-state index in [2.05, 4.69) is 10.4 Å². The third-order valence-electron chi connectivity index (χ3n) is 3.61. The van der Waals surface area contributed by atoms with Crippen molar-refractivity contribution in [2.75, 3.05) is 20.1 Å². The predicted octanol–water partition coefficient (Wildman–Crippen LogP) is 0.893. The highest BCUT2D eigenvalue weighted by molar-refractivity contribution is 5.96. The van der Waals surface area contributed by atoms with Crippen molar-refractivity contribution in [3.63, 3.8) is 0 Å². The lowest BCUT2D eigenvalue weighted by Gasteiger charge is -2.16. The van der Waals surface area contributed by atoms with Crippen molar-refractivity contribution in [1.82, 2.24) is 20.0 Å². The molecule has 2 heterocycles. The fourth-order valence-corrected chi connectivity index (χ4v) is 2.42. The maximum atomic E-state index is 12.4. The molecule has 0 saturated carbocycles. The summed E-state index contributed by atoms with van der Waals surface area (Å²) in [7, 11) is 3.82. The lowest BCUT2D eigenvalue weighted by molar-refractivity contribution is 0.0788. The van der Waals surface area contributed by atoms with Gasteiger partial charge in [0.1, 0.15) is 0 Å². The van der Waals surface area contributed by atoms with Gasteiger partial charge in [-0.1, -0.05) is 0 Å². The number of hydrogen-bond acceptors (Lipinski definition) is 3. The summed E-state index contributed by atoms with van der Waals surface area (Å²) in [6.45, 7) is 5.46. The van der Waals surface area contributed by atoms with Gasteiger partial charge in [0.05, 0.1) is 11.3 Å². The highest BCUT2D eigenvalue weighted by atomic mass is 35.5. The fourth-order valence-electron chi connectivity index (χ4n) is 2.42. The molecule has 0 bridgehead atoms. The van der Waals surface area contributed by atoms with Crippen molar-refractivity contribution in [2.24, 2.45) is 7.05 Å². The number of nitrogens with one attached hydrogen (secondary N) is 1. The number of carbonyl (C=O) groups is 1. The van der Waals surface area contributed by atoms with Crippen LogP contribution in [0.15, 0.2) is 0 Å². The Bertz CT molecular complexity index is 444. The number of hydrogen-bond donors (Lipinski definition) is 1. The maximum Gasteiger partial charge on any atom is 0.257 e. The van der Waals surface area contributed by atoms with Gasteiger partial charge >= 0.3 is 0 Å². The summed E-state index contributed by atoms with van der Waals surface area (Å²) in [5.41, 5.74) is 2.53. The predicted molar refractivity (Wildman–Crippen MR) is 73.3 cm³/mol. The molecule has 0 spiro atoms. The quantitative estimate of drug-likeness (QED) is 0.870. The molecule has 1 aromatic rings. The van der Waals surface area contributed by atoms with Crippen molar-refractivity contribution in [2.45, 2.75) is 26.3 Å². The Hall–Kier alpha value is -1.07. The summed E-state index contributed by atoms with van der Waals surface area (Å²) >= 11 is 0. The van der Waals surface area contributed by atoms with Gasteiger partial charge in [-0.2, -0.15) is 5.10 Å². The molecule has 0 radical (unpaired) electrons. The van der Waals surface area contributed by atoms with Crippen LogP contribution >= 0.6 is 12.4 Å². The second kappa shape index (κ2) is 5.71. The van der Waals surface area contributed by atoms with Crippen LogP contribution in [0.25, 0.3) is 0 Å². The van der Waals surface area contributed by atoms with Gasteiger partial charge in [-0.25, -0.2) is 0 Å². The molecule has 1 N–H and O–H groups in total. The number of nitrogens with zero attached hydrogens (tertiary/aromatic N) is 3. The molecule has 5 nitrogen and oxygen atoms in total. The van der Waals surface area contributed by atoms with Crippen molar-refractivity contribution < 1.29 is 4.79 Å². The van der Waals surface area contributed by atoms with Gasteiger partial charge in [0.15, 0.2) is 0 Å². The Morgan fingerprint density at radius 2 is 2.11 bits per heavy atom. The third-order valence-corrected chi connectivity index (χ3v) is 3.61. The Morgan fingerprint density at radius 3 is 2.56 bits per heavy atom. The van der Waals surface area contributed by atoms with E-state index in [9.17, 15) is 4.79 Å². The van der Waals surface area contributed by atoms with Gasteiger partial charge in [0.25, 0.3) is 5.91 Å². The second-order valence-electron chi connectivity index (χ2n) is 4.69. The van der Waals surface area contributed by atoms with Crippen molar-refractivity contribution >= 4 is 18.3 Å². The topological polar surface area (TPSA) is 50.2 Å². The first-order valence-corrected chi connectivity index (χ1v) is 6.01. The number of aryl methyl sites for hydroxylation is 2. The van der Waals surface area contributed by atoms with E-state index >= 15 is 0 Å². The van der Waals surface area contributed by atoms with Crippen LogP contribution in [0.4, 0.5) is 0 Å². The molecule has 102 valence electrons. The number of aromatic nitrogens is 2.